The van der Waals surface area contributed by atoms with Crippen molar-refractivity contribution < 1.29 is 4.42 Å². The van der Waals surface area contributed by atoms with Crippen molar-refractivity contribution in [1.82, 2.24) is 4.98 Å². The van der Waals surface area contributed by atoms with Crippen LogP contribution >= 0.6 is 11.3 Å². The Morgan fingerprint density at radius 3 is 2.85 bits per heavy atom. The van der Waals surface area contributed by atoms with Gasteiger partial charge in [-0.3, -0.25) is 0 Å². The molecule has 0 N–H and O–H groups in total. The van der Waals surface area contributed by atoms with E-state index in [1.54, 1.807) is 6.20 Å². The summed E-state index contributed by atoms with van der Waals surface area (Å²) in [6.07, 6.45) is 2.92. The van der Waals surface area contributed by atoms with Crippen molar-refractivity contribution in [1.29, 1.82) is 0 Å². The molecule has 4 rings (SSSR count). The van der Waals surface area contributed by atoms with E-state index < -0.39 is 0 Å². The Morgan fingerprint density at radius 2 is 2.15 bits per heavy atom. The maximum atomic E-state index is 12.1. The van der Waals surface area contributed by atoms with Crippen LogP contribution < -0.4 is 10.5 Å². The predicted molar refractivity (Wildman–Crippen MR) is 80.4 cm³/mol. The topological polar surface area (TPSA) is 46.3 Å². The summed E-state index contributed by atoms with van der Waals surface area (Å²) in [5.74, 6) is 0. The third-order valence-electron chi connectivity index (χ3n) is 3.60. The van der Waals surface area contributed by atoms with Gasteiger partial charge in [0.05, 0.1) is 5.56 Å². The van der Waals surface area contributed by atoms with Crippen LogP contribution in [-0.4, -0.2) is 18.1 Å². The second-order valence-electron chi connectivity index (χ2n) is 4.85. The van der Waals surface area contributed by atoms with Crippen molar-refractivity contribution in [3.05, 3.63) is 46.3 Å². The van der Waals surface area contributed by atoms with Gasteiger partial charge in [-0.1, -0.05) is 0 Å². The first-order valence-electron chi connectivity index (χ1n) is 6.54. The van der Waals surface area contributed by atoms with Crippen molar-refractivity contribution in [2.45, 2.75) is 6.42 Å². The highest BCUT2D eigenvalue weighted by molar-refractivity contribution is 7.13. The molecule has 3 aromatic rings. The summed E-state index contributed by atoms with van der Waals surface area (Å²) in [7, 11) is 0. The average molecular weight is 284 g/mol. The zero-order chi connectivity index (χ0) is 13.5. The number of hydrogen-bond donors (Lipinski definition) is 0. The molecule has 100 valence electrons. The smallest absolute Gasteiger partial charge is 0.346 e. The second-order valence-corrected chi connectivity index (χ2v) is 5.74. The number of fused-ring (bicyclic) bond motifs is 1. The Balaban J connectivity index is 1.86. The van der Waals surface area contributed by atoms with Crippen LogP contribution in [0.25, 0.3) is 21.5 Å². The number of aromatic nitrogens is 1. The van der Waals surface area contributed by atoms with Gasteiger partial charge in [0.2, 0.25) is 0 Å². The Bertz CT molecular complexity index is 820. The largest absolute Gasteiger partial charge is 0.422 e. The lowest BCUT2D eigenvalue weighted by Gasteiger charge is -2.33. The number of nitrogens with zero attached hydrogens (tertiary/aromatic N) is 2. The fourth-order valence-corrected chi connectivity index (χ4v) is 3.02. The minimum atomic E-state index is -0.326. The van der Waals surface area contributed by atoms with E-state index in [1.165, 1.54) is 17.8 Å². The third kappa shape index (κ3) is 1.82. The molecule has 0 saturated carbocycles. The van der Waals surface area contributed by atoms with Gasteiger partial charge in [0.25, 0.3) is 0 Å². The SMILES string of the molecule is O=c1oc2cc(N3CCC3)ccc2cc1-c1nccs1. The van der Waals surface area contributed by atoms with Gasteiger partial charge in [-0.15, -0.1) is 11.3 Å². The molecule has 1 fully saturated rings. The molecule has 4 nitrogen and oxygen atoms in total. The fourth-order valence-electron chi connectivity index (χ4n) is 2.38. The lowest BCUT2D eigenvalue weighted by atomic mass is 10.1. The van der Waals surface area contributed by atoms with Crippen molar-refractivity contribution in [3.8, 4) is 10.6 Å². The summed E-state index contributed by atoms with van der Waals surface area (Å²) in [5, 5.41) is 3.48. The van der Waals surface area contributed by atoms with Crippen LogP contribution in [0.2, 0.25) is 0 Å². The van der Waals surface area contributed by atoms with Crippen LogP contribution in [0, 0.1) is 0 Å². The Kier molecular flexibility index (Phi) is 2.60. The number of thiazole rings is 1. The normalized spacial score (nSPS) is 14.5. The minimum absolute atomic E-state index is 0.326. The van der Waals surface area contributed by atoms with E-state index in [0.29, 0.717) is 16.2 Å². The van der Waals surface area contributed by atoms with Gasteiger partial charge in [-0.05, 0) is 24.6 Å². The van der Waals surface area contributed by atoms with Gasteiger partial charge in [0, 0.05) is 41.8 Å². The van der Waals surface area contributed by atoms with Crippen molar-refractivity contribution >= 4 is 28.0 Å². The number of benzene rings is 1. The summed E-state index contributed by atoms with van der Waals surface area (Å²) in [6, 6.07) is 7.89. The Labute approximate surface area is 119 Å². The van der Waals surface area contributed by atoms with Crippen molar-refractivity contribution in [2.24, 2.45) is 0 Å². The fraction of sp³-hybridized carbons (Fsp3) is 0.200. The third-order valence-corrected chi connectivity index (χ3v) is 4.41. The minimum Gasteiger partial charge on any atom is -0.422 e. The zero-order valence-corrected chi connectivity index (χ0v) is 11.5. The first-order chi connectivity index (χ1) is 9.81. The molecule has 0 unspecified atom stereocenters. The van der Waals surface area contributed by atoms with E-state index in [9.17, 15) is 4.79 Å². The maximum Gasteiger partial charge on any atom is 0.346 e. The van der Waals surface area contributed by atoms with E-state index >= 15 is 0 Å². The van der Waals surface area contributed by atoms with Crippen LogP contribution in [0.5, 0.6) is 0 Å². The molecule has 0 spiro atoms. The lowest BCUT2D eigenvalue weighted by Crippen LogP contribution is -2.36. The van der Waals surface area contributed by atoms with Crippen LogP contribution in [0.3, 0.4) is 0 Å². The highest BCUT2D eigenvalue weighted by atomic mass is 32.1. The van der Waals surface area contributed by atoms with E-state index in [4.69, 9.17) is 4.42 Å². The van der Waals surface area contributed by atoms with Crippen LogP contribution in [0.15, 0.2) is 45.1 Å². The van der Waals surface area contributed by atoms with Gasteiger partial charge < -0.3 is 9.32 Å². The van der Waals surface area contributed by atoms with Gasteiger partial charge in [0.15, 0.2) is 0 Å². The Hall–Kier alpha value is -2.14. The first-order valence-corrected chi connectivity index (χ1v) is 7.42. The maximum absolute atomic E-state index is 12.1. The highest BCUT2D eigenvalue weighted by Crippen LogP contribution is 2.27. The van der Waals surface area contributed by atoms with Crippen molar-refractivity contribution in [3.63, 3.8) is 0 Å². The van der Waals surface area contributed by atoms with E-state index in [2.05, 4.69) is 16.0 Å². The highest BCUT2D eigenvalue weighted by Gasteiger charge is 2.16. The van der Waals surface area contributed by atoms with Crippen LogP contribution in [0.1, 0.15) is 6.42 Å². The van der Waals surface area contributed by atoms with Crippen LogP contribution in [0.4, 0.5) is 5.69 Å². The van der Waals surface area contributed by atoms with Crippen molar-refractivity contribution in [2.75, 3.05) is 18.0 Å². The molecule has 3 heterocycles. The zero-order valence-electron chi connectivity index (χ0n) is 10.7. The molecular formula is C15H12N2O2S. The van der Waals surface area contributed by atoms with Gasteiger partial charge in [0.1, 0.15) is 10.6 Å². The van der Waals surface area contributed by atoms with E-state index in [1.807, 2.05) is 23.6 Å². The van der Waals surface area contributed by atoms with E-state index in [0.717, 1.165) is 24.2 Å². The molecule has 1 saturated heterocycles. The van der Waals surface area contributed by atoms with E-state index in [-0.39, 0.29) is 5.63 Å². The second kappa shape index (κ2) is 4.45. The lowest BCUT2D eigenvalue weighted by molar-refractivity contribution is 0.562. The summed E-state index contributed by atoms with van der Waals surface area (Å²) >= 11 is 1.44. The molecule has 0 radical (unpaired) electrons. The summed E-state index contributed by atoms with van der Waals surface area (Å²) in [6.45, 7) is 2.15. The van der Waals surface area contributed by atoms with Gasteiger partial charge in [-0.25, -0.2) is 9.78 Å². The molecule has 0 aliphatic carbocycles. The van der Waals surface area contributed by atoms with Gasteiger partial charge >= 0.3 is 5.63 Å². The van der Waals surface area contributed by atoms with Crippen LogP contribution in [-0.2, 0) is 0 Å². The average Bonchev–Trinajstić information content (AvgIpc) is 2.89. The number of rotatable bonds is 2. The summed E-state index contributed by atoms with van der Waals surface area (Å²) in [5.41, 5.74) is 1.96. The van der Waals surface area contributed by atoms with Gasteiger partial charge in [-0.2, -0.15) is 0 Å². The molecule has 1 aromatic carbocycles. The predicted octanol–water partition coefficient (Wildman–Crippen LogP) is 3.13. The first kappa shape index (κ1) is 11.7. The molecular weight excluding hydrogens is 272 g/mol. The molecule has 0 atom stereocenters. The standard InChI is InChI=1S/C15H12N2O2S/c18-15-12(14-16-4-7-20-14)8-10-2-3-11(9-13(10)19-15)17-5-1-6-17/h2-4,7-9H,1,5-6H2. The summed E-state index contributed by atoms with van der Waals surface area (Å²) < 4.78 is 5.46. The quantitative estimate of drug-likeness (QED) is 0.678. The molecule has 0 bridgehead atoms. The molecule has 1 aliphatic heterocycles. The monoisotopic (exact) mass is 284 g/mol. The molecule has 5 heteroatoms. The summed E-state index contributed by atoms with van der Waals surface area (Å²) in [4.78, 5) is 18.5. The number of anilines is 1. The molecule has 0 amide bonds. The number of hydrogen-bond acceptors (Lipinski definition) is 5. The molecule has 20 heavy (non-hydrogen) atoms. The molecule has 1 aliphatic rings. The Morgan fingerprint density at radius 1 is 1.25 bits per heavy atom. The molecule has 2 aromatic heterocycles.